The lowest BCUT2D eigenvalue weighted by atomic mass is 10.0. The van der Waals surface area contributed by atoms with Gasteiger partial charge in [0.15, 0.2) is 0 Å². The Balaban J connectivity index is 3.10. The molecule has 0 aliphatic carbocycles. The Labute approximate surface area is 72.7 Å². The molecule has 1 aromatic carbocycles. The van der Waals surface area contributed by atoms with E-state index in [0.717, 1.165) is 17.6 Å². The molecule has 0 aliphatic rings. The van der Waals surface area contributed by atoms with E-state index in [4.69, 9.17) is 0 Å². The Morgan fingerprint density at radius 2 is 2.25 bits per heavy atom. The molecule has 1 heteroatoms. The minimum atomic E-state index is 0.743. The summed E-state index contributed by atoms with van der Waals surface area (Å²) in [7, 11) is 0. The van der Waals surface area contributed by atoms with E-state index in [1.54, 1.807) is 0 Å². The lowest BCUT2D eigenvalue weighted by molar-refractivity contribution is 0.569. The predicted molar refractivity (Wildman–Crippen MR) is 50.6 cm³/mol. The third-order valence-electron chi connectivity index (χ3n) is 1.84. The minimum absolute atomic E-state index is 0.743. The number of benzene rings is 1. The molecular formula is C11H12O. The van der Waals surface area contributed by atoms with Gasteiger partial charge in [0.25, 0.3) is 0 Å². The van der Waals surface area contributed by atoms with Crippen LogP contribution >= 0.6 is 0 Å². The van der Waals surface area contributed by atoms with Crippen molar-refractivity contribution in [2.24, 2.45) is 0 Å². The van der Waals surface area contributed by atoms with Crippen molar-refractivity contribution in [1.82, 2.24) is 0 Å². The summed E-state index contributed by atoms with van der Waals surface area (Å²) in [5.74, 6) is 1.96. The van der Waals surface area contributed by atoms with Crippen LogP contribution in [0.15, 0.2) is 24.3 Å². The van der Waals surface area contributed by atoms with Crippen LogP contribution in [-0.2, 0) is 4.79 Å². The third-order valence-corrected chi connectivity index (χ3v) is 1.84. The predicted octanol–water partition coefficient (Wildman–Crippen LogP) is 2.62. The molecule has 0 fully saturated rings. The van der Waals surface area contributed by atoms with E-state index < -0.39 is 0 Å². The zero-order valence-corrected chi connectivity index (χ0v) is 7.42. The van der Waals surface area contributed by atoms with Crippen LogP contribution in [0.25, 0.3) is 5.57 Å². The zero-order chi connectivity index (χ0) is 8.97. The van der Waals surface area contributed by atoms with E-state index in [2.05, 4.69) is 0 Å². The highest BCUT2D eigenvalue weighted by atomic mass is 16.1. The molecule has 0 saturated heterocycles. The van der Waals surface area contributed by atoms with Crippen molar-refractivity contribution in [2.45, 2.75) is 20.3 Å². The summed E-state index contributed by atoms with van der Waals surface area (Å²) in [4.78, 5) is 10.5. The highest BCUT2D eigenvalue weighted by Gasteiger charge is 1.98. The third kappa shape index (κ3) is 1.84. The number of hydrogen-bond donors (Lipinski definition) is 0. The van der Waals surface area contributed by atoms with E-state index in [1.165, 1.54) is 5.56 Å². The molecule has 0 spiro atoms. The van der Waals surface area contributed by atoms with Crippen LogP contribution in [-0.4, -0.2) is 5.94 Å². The number of aryl methyl sites for hydroxylation is 1. The lowest BCUT2D eigenvalue weighted by Crippen LogP contribution is -1.84. The molecule has 0 bridgehead atoms. The average Bonchev–Trinajstić information content (AvgIpc) is 2.07. The Hall–Kier alpha value is -1.33. The summed E-state index contributed by atoms with van der Waals surface area (Å²) in [5, 5.41) is 0. The highest BCUT2D eigenvalue weighted by molar-refractivity contribution is 5.87. The summed E-state index contributed by atoms with van der Waals surface area (Å²) in [6.07, 6.45) is 0.743. The normalized spacial score (nSPS) is 9.17. The molecule has 0 aliphatic heterocycles. The second-order valence-electron chi connectivity index (χ2n) is 2.80. The van der Waals surface area contributed by atoms with Gasteiger partial charge in [-0.1, -0.05) is 36.8 Å². The van der Waals surface area contributed by atoms with Gasteiger partial charge in [-0.15, -0.1) is 0 Å². The van der Waals surface area contributed by atoms with Crippen molar-refractivity contribution >= 4 is 11.5 Å². The van der Waals surface area contributed by atoms with Crippen LogP contribution in [0, 0.1) is 6.92 Å². The number of allylic oxidation sites excluding steroid dienone is 1. The van der Waals surface area contributed by atoms with Crippen LogP contribution in [0.3, 0.4) is 0 Å². The fourth-order valence-corrected chi connectivity index (χ4v) is 1.17. The maximum atomic E-state index is 10.5. The molecule has 0 amide bonds. The lowest BCUT2D eigenvalue weighted by Gasteiger charge is -2.00. The topological polar surface area (TPSA) is 17.1 Å². The Bertz CT molecular complexity index is 320. The fourth-order valence-electron chi connectivity index (χ4n) is 1.17. The Morgan fingerprint density at radius 3 is 2.75 bits per heavy atom. The molecule has 1 rings (SSSR count). The number of hydrogen-bond acceptors (Lipinski definition) is 1. The van der Waals surface area contributed by atoms with E-state index in [-0.39, 0.29) is 0 Å². The molecule has 0 atom stereocenters. The first kappa shape index (κ1) is 8.76. The molecule has 0 unspecified atom stereocenters. The summed E-state index contributed by atoms with van der Waals surface area (Å²) in [6.45, 7) is 3.98. The van der Waals surface area contributed by atoms with Crippen LogP contribution < -0.4 is 0 Å². The fraction of sp³-hybridized carbons (Fsp3) is 0.273. The molecule has 0 N–H and O–H groups in total. The Morgan fingerprint density at radius 1 is 1.50 bits per heavy atom. The van der Waals surface area contributed by atoms with Crippen molar-refractivity contribution in [3.8, 4) is 0 Å². The van der Waals surface area contributed by atoms with Crippen LogP contribution in [0.5, 0.6) is 0 Å². The minimum Gasteiger partial charge on any atom is -0.233 e. The number of carbonyl (C=O) groups excluding carboxylic acids is 1. The second kappa shape index (κ2) is 3.89. The van der Waals surface area contributed by atoms with Crippen molar-refractivity contribution < 1.29 is 4.79 Å². The number of rotatable bonds is 2. The van der Waals surface area contributed by atoms with Gasteiger partial charge in [-0.3, -0.25) is 0 Å². The molecule has 1 aromatic rings. The van der Waals surface area contributed by atoms with E-state index >= 15 is 0 Å². The molecule has 62 valence electrons. The SMILES string of the molecule is CCC(=C=O)c1cccc(C)c1. The van der Waals surface area contributed by atoms with Crippen molar-refractivity contribution in [1.29, 1.82) is 0 Å². The van der Waals surface area contributed by atoms with Crippen molar-refractivity contribution in [3.05, 3.63) is 35.4 Å². The van der Waals surface area contributed by atoms with E-state index in [9.17, 15) is 4.79 Å². The van der Waals surface area contributed by atoms with Gasteiger partial charge in [-0.25, -0.2) is 4.79 Å². The van der Waals surface area contributed by atoms with E-state index in [1.807, 2.05) is 44.1 Å². The smallest absolute Gasteiger partial charge is 0.128 e. The maximum Gasteiger partial charge on any atom is 0.128 e. The van der Waals surface area contributed by atoms with Gasteiger partial charge in [0, 0.05) is 5.57 Å². The monoisotopic (exact) mass is 160 g/mol. The van der Waals surface area contributed by atoms with Crippen LogP contribution in [0.2, 0.25) is 0 Å². The van der Waals surface area contributed by atoms with Crippen molar-refractivity contribution in [3.63, 3.8) is 0 Å². The molecule has 0 heterocycles. The summed E-state index contributed by atoms with van der Waals surface area (Å²) in [6, 6.07) is 7.92. The first-order chi connectivity index (χ1) is 5.77. The van der Waals surface area contributed by atoms with Gasteiger partial charge in [-0.05, 0) is 18.9 Å². The van der Waals surface area contributed by atoms with E-state index in [0.29, 0.717) is 0 Å². The standard InChI is InChI=1S/C11H12O/c1-3-10(8-12)11-6-4-5-9(2)7-11/h4-7H,3H2,1-2H3. The molecule has 12 heavy (non-hydrogen) atoms. The largest absolute Gasteiger partial charge is 0.233 e. The average molecular weight is 160 g/mol. The summed E-state index contributed by atoms with van der Waals surface area (Å²) < 4.78 is 0. The van der Waals surface area contributed by atoms with Gasteiger partial charge in [0.2, 0.25) is 0 Å². The summed E-state index contributed by atoms with van der Waals surface area (Å²) in [5.41, 5.74) is 2.92. The molecule has 0 radical (unpaired) electrons. The highest BCUT2D eigenvalue weighted by Crippen LogP contribution is 2.15. The van der Waals surface area contributed by atoms with Crippen LogP contribution in [0.1, 0.15) is 24.5 Å². The van der Waals surface area contributed by atoms with Crippen molar-refractivity contribution in [2.75, 3.05) is 0 Å². The quantitative estimate of drug-likeness (QED) is 0.608. The van der Waals surface area contributed by atoms with Gasteiger partial charge >= 0.3 is 0 Å². The van der Waals surface area contributed by atoms with Gasteiger partial charge < -0.3 is 0 Å². The van der Waals surface area contributed by atoms with Gasteiger partial charge in [-0.2, -0.15) is 0 Å². The van der Waals surface area contributed by atoms with Gasteiger partial charge in [0.05, 0.1) is 0 Å². The maximum absolute atomic E-state index is 10.5. The zero-order valence-electron chi connectivity index (χ0n) is 7.42. The summed E-state index contributed by atoms with van der Waals surface area (Å²) >= 11 is 0. The molecule has 1 nitrogen and oxygen atoms in total. The van der Waals surface area contributed by atoms with Gasteiger partial charge in [0.1, 0.15) is 5.94 Å². The molecular weight excluding hydrogens is 148 g/mol. The first-order valence-electron chi connectivity index (χ1n) is 4.09. The molecule has 0 saturated carbocycles. The second-order valence-corrected chi connectivity index (χ2v) is 2.80. The Kier molecular flexibility index (Phi) is 2.84. The molecule has 0 aromatic heterocycles. The first-order valence-corrected chi connectivity index (χ1v) is 4.09. The van der Waals surface area contributed by atoms with Crippen LogP contribution in [0.4, 0.5) is 0 Å².